The van der Waals surface area contributed by atoms with Gasteiger partial charge in [-0.05, 0) is 38.5 Å². The number of nitrogens with one attached hydrogen (secondary N) is 1. The van der Waals surface area contributed by atoms with E-state index in [1.807, 2.05) is 23.6 Å². The van der Waals surface area contributed by atoms with Crippen LogP contribution in [0.25, 0.3) is 11.0 Å². The second-order valence-electron chi connectivity index (χ2n) is 9.25. The maximum atomic E-state index is 14.3. The Morgan fingerprint density at radius 3 is 2.60 bits per heavy atom. The third-order valence-corrected chi connectivity index (χ3v) is 6.37. The number of anilines is 2. The molecule has 2 aliphatic rings. The molecule has 0 radical (unpaired) electrons. The topological polar surface area (TPSA) is 75.0 Å². The van der Waals surface area contributed by atoms with E-state index in [1.54, 1.807) is 12.1 Å². The van der Waals surface area contributed by atoms with Gasteiger partial charge >= 0.3 is 0 Å². The van der Waals surface area contributed by atoms with E-state index in [0.29, 0.717) is 78.5 Å². The molecule has 3 aromatic rings. The first kappa shape index (κ1) is 23.3. The predicted molar refractivity (Wildman–Crippen MR) is 129 cm³/mol. The molecular weight excluding hydrogens is 456 g/mol. The van der Waals surface area contributed by atoms with Crippen LogP contribution in [-0.4, -0.2) is 44.8 Å². The van der Waals surface area contributed by atoms with Gasteiger partial charge in [0.05, 0.1) is 18.6 Å². The van der Waals surface area contributed by atoms with E-state index < -0.39 is 11.6 Å². The van der Waals surface area contributed by atoms with Crippen LogP contribution in [0, 0.1) is 11.6 Å². The highest BCUT2D eigenvalue weighted by molar-refractivity contribution is 5.99. The second kappa shape index (κ2) is 9.30. The van der Waals surface area contributed by atoms with Crippen LogP contribution in [0.2, 0.25) is 0 Å². The van der Waals surface area contributed by atoms with Crippen molar-refractivity contribution in [2.75, 3.05) is 42.6 Å². The third kappa shape index (κ3) is 4.60. The molecule has 1 N–H and O–H groups in total. The first-order chi connectivity index (χ1) is 16.8. The standard InChI is InChI=1S/C26H27F2N3O4/c1-15(2)29-26(33)16-9-17(14-31-4-3-19-21(28)11-18(27)12-22(19)31)25-20(10-16)23(32)13-24(35-25)30-5-7-34-8-6-30/h9-13,15H,3-8,14H2,1-2H3,(H,29,33). The van der Waals surface area contributed by atoms with Crippen molar-refractivity contribution in [1.29, 1.82) is 0 Å². The largest absolute Gasteiger partial charge is 0.440 e. The lowest BCUT2D eigenvalue weighted by atomic mass is 10.0. The molecule has 5 rings (SSSR count). The Balaban J connectivity index is 1.62. The number of fused-ring (bicyclic) bond motifs is 2. The molecule has 1 saturated heterocycles. The van der Waals surface area contributed by atoms with Crippen LogP contribution in [0.5, 0.6) is 0 Å². The number of hydrogen-bond donors (Lipinski definition) is 1. The van der Waals surface area contributed by atoms with Crippen LogP contribution in [0.4, 0.5) is 20.4 Å². The summed E-state index contributed by atoms with van der Waals surface area (Å²) in [6, 6.07) is 6.80. The maximum Gasteiger partial charge on any atom is 0.251 e. The van der Waals surface area contributed by atoms with Crippen molar-refractivity contribution in [1.82, 2.24) is 5.32 Å². The Bertz CT molecular complexity index is 1350. The van der Waals surface area contributed by atoms with Crippen LogP contribution >= 0.6 is 0 Å². The van der Waals surface area contributed by atoms with Gasteiger partial charge in [0.1, 0.15) is 17.2 Å². The normalized spacial score (nSPS) is 15.7. The summed E-state index contributed by atoms with van der Waals surface area (Å²) < 4.78 is 40.0. The average molecular weight is 484 g/mol. The van der Waals surface area contributed by atoms with Crippen molar-refractivity contribution < 1.29 is 22.7 Å². The minimum Gasteiger partial charge on any atom is -0.440 e. The van der Waals surface area contributed by atoms with Crippen LogP contribution < -0.4 is 20.5 Å². The van der Waals surface area contributed by atoms with E-state index in [2.05, 4.69) is 5.32 Å². The van der Waals surface area contributed by atoms with E-state index >= 15 is 0 Å². The summed E-state index contributed by atoms with van der Waals surface area (Å²) in [5.74, 6) is -1.09. The molecule has 0 spiro atoms. The molecular formula is C26H27F2N3O4. The zero-order valence-corrected chi connectivity index (χ0v) is 19.7. The molecule has 184 valence electrons. The summed E-state index contributed by atoms with van der Waals surface area (Å²) in [6.45, 7) is 6.67. The number of amides is 1. The van der Waals surface area contributed by atoms with Gasteiger partial charge in [-0.25, -0.2) is 8.78 Å². The molecule has 0 saturated carbocycles. The molecule has 1 amide bonds. The lowest BCUT2D eigenvalue weighted by Crippen LogP contribution is -2.36. The first-order valence-electron chi connectivity index (χ1n) is 11.8. The molecule has 35 heavy (non-hydrogen) atoms. The van der Waals surface area contributed by atoms with Crippen molar-refractivity contribution in [2.45, 2.75) is 32.9 Å². The van der Waals surface area contributed by atoms with Crippen LogP contribution in [0.15, 0.2) is 39.5 Å². The highest BCUT2D eigenvalue weighted by Crippen LogP contribution is 2.34. The second-order valence-corrected chi connectivity index (χ2v) is 9.25. The number of morpholine rings is 1. The maximum absolute atomic E-state index is 14.3. The number of nitrogens with zero attached hydrogens (tertiary/aromatic N) is 2. The number of ether oxygens (including phenoxy) is 1. The molecule has 3 heterocycles. The van der Waals surface area contributed by atoms with Crippen LogP contribution in [-0.2, 0) is 17.7 Å². The number of carbonyl (C=O) groups excluding carboxylic acids is 1. The molecule has 1 aromatic heterocycles. The fourth-order valence-electron chi connectivity index (χ4n) is 4.71. The minimum atomic E-state index is -0.649. The number of halogens is 2. The highest BCUT2D eigenvalue weighted by atomic mass is 19.1. The number of carbonyl (C=O) groups is 1. The van der Waals surface area contributed by atoms with E-state index in [4.69, 9.17) is 9.15 Å². The SMILES string of the molecule is CC(C)NC(=O)c1cc(CN2CCc3c(F)cc(F)cc32)c2oc(N3CCOCC3)cc(=O)c2c1. The zero-order chi connectivity index (χ0) is 24.7. The molecule has 0 atom stereocenters. The predicted octanol–water partition coefficient (Wildman–Crippen LogP) is 3.61. The van der Waals surface area contributed by atoms with Crippen molar-refractivity contribution in [3.8, 4) is 0 Å². The quantitative estimate of drug-likeness (QED) is 0.598. The Morgan fingerprint density at radius 1 is 1.09 bits per heavy atom. The van der Waals surface area contributed by atoms with E-state index in [1.165, 1.54) is 12.1 Å². The molecule has 2 aromatic carbocycles. The Kier molecular flexibility index (Phi) is 6.19. The Labute approximate surface area is 201 Å². The van der Waals surface area contributed by atoms with Gasteiger partial charge in [0.25, 0.3) is 5.91 Å². The van der Waals surface area contributed by atoms with Crippen molar-refractivity contribution in [3.05, 3.63) is 68.9 Å². The van der Waals surface area contributed by atoms with E-state index in [9.17, 15) is 18.4 Å². The molecule has 2 aliphatic heterocycles. The van der Waals surface area contributed by atoms with Crippen molar-refractivity contribution in [3.63, 3.8) is 0 Å². The summed E-state index contributed by atoms with van der Waals surface area (Å²) >= 11 is 0. The van der Waals surface area contributed by atoms with E-state index in [0.717, 1.165) is 6.07 Å². The van der Waals surface area contributed by atoms with E-state index in [-0.39, 0.29) is 23.9 Å². The molecule has 0 unspecified atom stereocenters. The summed E-state index contributed by atoms with van der Waals surface area (Å²) in [4.78, 5) is 29.8. The van der Waals surface area contributed by atoms with Gasteiger partial charge in [-0.2, -0.15) is 0 Å². The van der Waals surface area contributed by atoms with Gasteiger partial charge in [-0.3, -0.25) is 9.59 Å². The van der Waals surface area contributed by atoms with Gasteiger partial charge in [-0.15, -0.1) is 0 Å². The lowest BCUT2D eigenvalue weighted by molar-refractivity contribution is 0.0943. The Morgan fingerprint density at radius 2 is 1.86 bits per heavy atom. The monoisotopic (exact) mass is 483 g/mol. The number of rotatable bonds is 5. The zero-order valence-electron chi connectivity index (χ0n) is 19.7. The highest BCUT2D eigenvalue weighted by Gasteiger charge is 2.26. The summed E-state index contributed by atoms with van der Waals surface area (Å²) in [5, 5.41) is 3.14. The van der Waals surface area contributed by atoms with Gasteiger partial charge in [0, 0.05) is 66.7 Å². The fourth-order valence-corrected chi connectivity index (χ4v) is 4.71. The van der Waals surface area contributed by atoms with Gasteiger partial charge in [0.2, 0.25) is 0 Å². The van der Waals surface area contributed by atoms with Gasteiger partial charge in [0.15, 0.2) is 11.3 Å². The fraction of sp³-hybridized carbons (Fsp3) is 0.385. The average Bonchev–Trinajstić information content (AvgIpc) is 3.22. The molecule has 0 aliphatic carbocycles. The van der Waals surface area contributed by atoms with Gasteiger partial charge < -0.3 is 24.3 Å². The third-order valence-electron chi connectivity index (χ3n) is 6.37. The molecule has 0 bridgehead atoms. The number of hydrogen-bond acceptors (Lipinski definition) is 6. The lowest BCUT2D eigenvalue weighted by Gasteiger charge is -2.27. The minimum absolute atomic E-state index is 0.0850. The summed E-state index contributed by atoms with van der Waals surface area (Å²) in [6.07, 6.45) is 0.440. The molecule has 9 heteroatoms. The van der Waals surface area contributed by atoms with Crippen LogP contribution in [0.1, 0.15) is 35.3 Å². The summed E-state index contributed by atoms with van der Waals surface area (Å²) in [5.41, 5.74) is 1.97. The molecule has 7 nitrogen and oxygen atoms in total. The van der Waals surface area contributed by atoms with Crippen LogP contribution in [0.3, 0.4) is 0 Å². The summed E-state index contributed by atoms with van der Waals surface area (Å²) in [7, 11) is 0. The van der Waals surface area contributed by atoms with Crippen molar-refractivity contribution in [2.24, 2.45) is 0 Å². The van der Waals surface area contributed by atoms with Gasteiger partial charge in [-0.1, -0.05) is 0 Å². The first-order valence-corrected chi connectivity index (χ1v) is 11.8. The van der Waals surface area contributed by atoms with Crippen molar-refractivity contribution >= 4 is 28.4 Å². The number of benzene rings is 2. The Hall–Kier alpha value is -3.46. The smallest absolute Gasteiger partial charge is 0.251 e. The molecule has 1 fully saturated rings.